The fraction of sp³-hybridized carbons (Fsp3) is 0.286. The van der Waals surface area contributed by atoms with E-state index in [0.717, 1.165) is 17.7 Å². The van der Waals surface area contributed by atoms with Crippen molar-refractivity contribution in [2.45, 2.75) is 17.8 Å². The average molecular weight is 464 g/mol. The molecule has 32 heavy (non-hydrogen) atoms. The Hall–Kier alpha value is -3.21. The monoisotopic (exact) mass is 464 g/mol. The van der Waals surface area contributed by atoms with Gasteiger partial charge in [-0.3, -0.25) is 0 Å². The first-order chi connectivity index (χ1) is 15.3. The zero-order chi connectivity index (χ0) is 22.9. The van der Waals surface area contributed by atoms with Crippen LogP contribution in [0.4, 0.5) is 13.2 Å². The van der Waals surface area contributed by atoms with E-state index in [4.69, 9.17) is 14.2 Å². The van der Waals surface area contributed by atoms with Gasteiger partial charge in [-0.25, -0.2) is 0 Å². The maximum absolute atomic E-state index is 12.9. The Morgan fingerprint density at radius 3 is 2.19 bits per heavy atom. The number of alkyl halides is 3. The Morgan fingerprint density at radius 2 is 1.62 bits per heavy atom. The molecule has 0 N–H and O–H groups in total. The number of thioether (sulfide) groups is 1. The van der Waals surface area contributed by atoms with Crippen LogP contribution < -0.4 is 14.2 Å². The predicted molar refractivity (Wildman–Crippen MR) is 113 cm³/mol. The third-order valence-corrected chi connectivity index (χ3v) is 5.80. The third kappa shape index (κ3) is 4.24. The van der Waals surface area contributed by atoms with Crippen LogP contribution in [0.25, 0.3) is 0 Å². The van der Waals surface area contributed by atoms with Crippen molar-refractivity contribution in [3.8, 4) is 17.2 Å². The largest absolute Gasteiger partial charge is 0.493 e. The molecule has 168 valence electrons. The van der Waals surface area contributed by atoms with E-state index in [1.807, 2.05) is 12.1 Å². The molecule has 0 spiro atoms. The van der Waals surface area contributed by atoms with E-state index in [-0.39, 0.29) is 0 Å². The van der Waals surface area contributed by atoms with E-state index in [2.05, 4.69) is 15.3 Å². The number of nitrogens with zero attached hydrogens (tertiary/aromatic N) is 4. The number of halogens is 3. The third-order valence-electron chi connectivity index (χ3n) is 4.87. The molecule has 0 unspecified atom stereocenters. The maximum Gasteiger partial charge on any atom is 0.416 e. The highest BCUT2D eigenvalue weighted by atomic mass is 32.2. The van der Waals surface area contributed by atoms with E-state index < -0.39 is 11.7 Å². The fourth-order valence-electron chi connectivity index (χ4n) is 3.29. The number of hydrogen-bond donors (Lipinski definition) is 0. The maximum atomic E-state index is 12.9. The quantitative estimate of drug-likeness (QED) is 0.543. The molecule has 0 atom stereocenters. The Bertz CT molecular complexity index is 1140. The molecule has 4 rings (SSSR count). The Morgan fingerprint density at radius 1 is 0.969 bits per heavy atom. The molecule has 0 amide bonds. The summed E-state index contributed by atoms with van der Waals surface area (Å²) in [4.78, 5) is 0. The highest BCUT2D eigenvalue weighted by Gasteiger charge is 2.30. The van der Waals surface area contributed by atoms with Crippen molar-refractivity contribution in [2.24, 2.45) is 5.10 Å². The van der Waals surface area contributed by atoms with Gasteiger partial charge in [0.2, 0.25) is 10.9 Å². The summed E-state index contributed by atoms with van der Waals surface area (Å²) in [6.07, 6.45) is -4.00. The molecule has 0 aliphatic carbocycles. The molecule has 0 saturated heterocycles. The lowest BCUT2D eigenvalue weighted by atomic mass is 10.1. The lowest BCUT2D eigenvalue weighted by Gasteiger charge is -2.16. The summed E-state index contributed by atoms with van der Waals surface area (Å²) in [7, 11) is 4.61. The summed E-state index contributed by atoms with van der Waals surface area (Å²) in [5.41, 5.74) is 1.40. The van der Waals surface area contributed by atoms with Gasteiger partial charge in [-0.2, -0.15) is 22.9 Å². The predicted octanol–water partition coefficient (Wildman–Crippen LogP) is 4.27. The van der Waals surface area contributed by atoms with Crippen LogP contribution in [0, 0.1) is 0 Å². The first kappa shape index (κ1) is 22.0. The summed E-state index contributed by atoms with van der Waals surface area (Å²) in [5, 5.41) is 13.6. The van der Waals surface area contributed by atoms with Crippen LogP contribution in [0.2, 0.25) is 0 Å². The first-order valence-corrected chi connectivity index (χ1v) is 10.4. The van der Waals surface area contributed by atoms with Gasteiger partial charge in [0.15, 0.2) is 17.3 Å². The fourth-order valence-corrected chi connectivity index (χ4v) is 4.15. The minimum atomic E-state index is -4.38. The minimum absolute atomic E-state index is 0.383. The highest BCUT2D eigenvalue weighted by Crippen LogP contribution is 2.39. The molecule has 2 heterocycles. The van der Waals surface area contributed by atoms with Crippen molar-refractivity contribution >= 4 is 17.5 Å². The lowest BCUT2D eigenvalue weighted by Crippen LogP contribution is -2.15. The molecule has 0 fully saturated rings. The molecule has 11 heteroatoms. The second-order valence-corrected chi connectivity index (χ2v) is 7.77. The number of hydrogen-bond acceptors (Lipinski definition) is 7. The minimum Gasteiger partial charge on any atom is -0.493 e. The van der Waals surface area contributed by atoms with Gasteiger partial charge in [0, 0.05) is 12.2 Å². The van der Waals surface area contributed by atoms with Crippen molar-refractivity contribution in [1.82, 2.24) is 14.9 Å². The number of methoxy groups -OCH3 is 3. The van der Waals surface area contributed by atoms with Crippen LogP contribution in [-0.2, 0) is 12.6 Å². The van der Waals surface area contributed by atoms with Crippen molar-refractivity contribution < 1.29 is 27.4 Å². The summed E-state index contributed by atoms with van der Waals surface area (Å²) < 4.78 is 56.3. The SMILES string of the molecule is COc1cc(Cc2nnc3n2N=C(c2ccc(C(F)(F)F)cc2)CS3)cc(OC)c1OC. The molecule has 1 aromatic heterocycles. The molecule has 1 aliphatic rings. The average Bonchev–Trinajstić information content (AvgIpc) is 3.19. The van der Waals surface area contributed by atoms with Crippen molar-refractivity contribution in [3.05, 3.63) is 58.9 Å². The van der Waals surface area contributed by atoms with Gasteiger partial charge in [-0.1, -0.05) is 23.9 Å². The standard InChI is InChI=1S/C21H19F3N4O3S/c1-29-16-8-12(9-17(30-2)19(16)31-3)10-18-25-26-20-28(18)27-15(11-32-20)13-4-6-14(7-5-13)21(22,23)24/h4-9H,10-11H2,1-3H3. The molecule has 7 nitrogen and oxygen atoms in total. The Labute approximate surface area is 186 Å². The van der Waals surface area contributed by atoms with Crippen LogP contribution in [0.3, 0.4) is 0 Å². The van der Waals surface area contributed by atoms with E-state index in [1.165, 1.54) is 45.2 Å². The molecule has 0 radical (unpaired) electrons. The molecule has 0 bridgehead atoms. The summed E-state index contributed by atoms with van der Waals surface area (Å²) >= 11 is 1.42. The second-order valence-electron chi connectivity index (χ2n) is 6.83. The molecule has 1 aliphatic heterocycles. The first-order valence-electron chi connectivity index (χ1n) is 9.45. The van der Waals surface area contributed by atoms with Gasteiger partial charge >= 0.3 is 6.18 Å². The van der Waals surface area contributed by atoms with Crippen LogP contribution in [0.1, 0.15) is 22.5 Å². The zero-order valence-electron chi connectivity index (χ0n) is 17.4. The lowest BCUT2D eigenvalue weighted by molar-refractivity contribution is -0.137. The van der Waals surface area contributed by atoms with Crippen LogP contribution in [0.5, 0.6) is 17.2 Å². The molecule has 0 saturated carbocycles. The van der Waals surface area contributed by atoms with Gasteiger partial charge in [-0.05, 0) is 35.4 Å². The number of ether oxygens (including phenoxy) is 3. The van der Waals surface area contributed by atoms with Crippen molar-refractivity contribution in [1.29, 1.82) is 0 Å². The Kier molecular flexibility index (Phi) is 6.00. The van der Waals surface area contributed by atoms with Crippen molar-refractivity contribution in [2.75, 3.05) is 27.1 Å². The normalized spacial score (nSPS) is 13.4. The number of fused-ring (bicyclic) bond motifs is 1. The van der Waals surface area contributed by atoms with E-state index in [1.54, 1.807) is 4.68 Å². The number of benzene rings is 2. The molecule has 2 aromatic carbocycles. The van der Waals surface area contributed by atoms with Gasteiger partial charge in [0.25, 0.3) is 0 Å². The summed E-state index contributed by atoms with van der Waals surface area (Å²) in [5.74, 6) is 2.58. The van der Waals surface area contributed by atoms with Crippen LogP contribution in [-0.4, -0.2) is 47.7 Å². The zero-order valence-corrected chi connectivity index (χ0v) is 18.3. The highest BCUT2D eigenvalue weighted by molar-refractivity contribution is 7.99. The summed E-state index contributed by atoms with van der Waals surface area (Å²) in [6.45, 7) is 0. The van der Waals surface area contributed by atoms with Gasteiger partial charge in [0.05, 0.1) is 32.6 Å². The molecule has 3 aromatic rings. The van der Waals surface area contributed by atoms with Crippen molar-refractivity contribution in [3.63, 3.8) is 0 Å². The molecular formula is C21H19F3N4O3S. The van der Waals surface area contributed by atoms with Crippen LogP contribution >= 0.6 is 11.8 Å². The van der Waals surface area contributed by atoms with E-state index in [9.17, 15) is 13.2 Å². The van der Waals surface area contributed by atoms with Crippen LogP contribution in [0.15, 0.2) is 46.7 Å². The number of aromatic nitrogens is 3. The summed E-state index contributed by atoms with van der Waals surface area (Å²) in [6, 6.07) is 8.60. The van der Waals surface area contributed by atoms with Gasteiger partial charge in [0.1, 0.15) is 0 Å². The smallest absolute Gasteiger partial charge is 0.416 e. The van der Waals surface area contributed by atoms with Gasteiger partial charge < -0.3 is 14.2 Å². The van der Waals surface area contributed by atoms with E-state index >= 15 is 0 Å². The van der Waals surface area contributed by atoms with E-state index in [0.29, 0.717) is 51.7 Å². The molecular weight excluding hydrogens is 445 g/mol. The topological polar surface area (TPSA) is 70.8 Å². The van der Waals surface area contributed by atoms with Gasteiger partial charge in [-0.15, -0.1) is 10.2 Å². The second kappa shape index (κ2) is 8.73. The Balaban J connectivity index is 1.65. The number of rotatable bonds is 6.